The number of aromatic amines is 1. The summed E-state index contributed by atoms with van der Waals surface area (Å²) in [5, 5.41) is 5.10. The number of benzene rings is 1. The highest BCUT2D eigenvalue weighted by Crippen LogP contribution is 2.19. The molecule has 3 heterocycles. The Labute approximate surface area is 162 Å². The summed E-state index contributed by atoms with van der Waals surface area (Å²) in [5.74, 6) is 0.858. The largest absolute Gasteiger partial charge is 0.352 e. The normalized spacial score (nSPS) is 11.2. The van der Waals surface area contributed by atoms with E-state index in [0.29, 0.717) is 13.0 Å². The van der Waals surface area contributed by atoms with Crippen molar-refractivity contribution < 1.29 is 4.79 Å². The quantitative estimate of drug-likeness (QED) is 0.531. The summed E-state index contributed by atoms with van der Waals surface area (Å²) in [5.41, 5.74) is 4.83. The van der Waals surface area contributed by atoms with Crippen LogP contribution < -0.4 is 5.32 Å². The molecule has 27 heavy (non-hydrogen) atoms. The number of thiophene rings is 1. The van der Waals surface area contributed by atoms with Crippen molar-refractivity contribution in [2.75, 3.05) is 6.54 Å². The monoisotopic (exact) mass is 378 g/mol. The first-order valence-corrected chi connectivity index (χ1v) is 9.90. The Balaban J connectivity index is 1.40. The average molecular weight is 379 g/mol. The summed E-state index contributed by atoms with van der Waals surface area (Å²) >= 11 is 1.73. The van der Waals surface area contributed by atoms with Gasteiger partial charge < -0.3 is 14.9 Å². The Bertz CT molecular complexity index is 1040. The van der Waals surface area contributed by atoms with Crippen LogP contribution in [-0.4, -0.2) is 27.0 Å². The number of amides is 1. The van der Waals surface area contributed by atoms with E-state index in [0.717, 1.165) is 40.4 Å². The standard InChI is InChI=1S/C21H22N4OS/c1-14-12-17(15(2)25(14)13-16-6-5-11-27-16)21(26)22-10-9-20-23-18-7-3-4-8-19(18)24-20/h3-8,11-12H,9-10,13H2,1-2H3,(H,22,26)(H,23,24). The van der Waals surface area contributed by atoms with Gasteiger partial charge in [0.05, 0.1) is 23.1 Å². The van der Waals surface area contributed by atoms with Crippen molar-refractivity contribution in [1.82, 2.24) is 19.9 Å². The zero-order valence-corrected chi connectivity index (χ0v) is 16.3. The third-order valence-corrected chi connectivity index (χ3v) is 5.66. The fourth-order valence-corrected chi connectivity index (χ4v) is 4.04. The molecular formula is C21H22N4OS. The van der Waals surface area contributed by atoms with Gasteiger partial charge in [0.1, 0.15) is 5.82 Å². The van der Waals surface area contributed by atoms with Gasteiger partial charge in [-0.15, -0.1) is 11.3 Å². The van der Waals surface area contributed by atoms with Gasteiger partial charge in [0.2, 0.25) is 0 Å². The van der Waals surface area contributed by atoms with Crippen LogP contribution in [0.3, 0.4) is 0 Å². The predicted molar refractivity (Wildman–Crippen MR) is 109 cm³/mol. The summed E-state index contributed by atoms with van der Waals surface area (Å²) in [6, 6.07) is 14.1. The molecule has 4 rings (SSSR count). The van der Waals surface area contributed by atoms with Gasteiger partial charge in [-0.05, 0) is 43.5 Å². The molecule has 0 radical (unpaired) electrons. The molecule has 5 nitrogen and oxygen atoms in total. The van der Waals surface area contributed by atoms with Crippen molar-refractivity contribution in [1.29, 1.82) is 0 Å². The fourth-order valence-electron chi connectivity index (χ4n) is 3.35. The first-order chi connectivity index (χ1) is 13.1. The third kappa shape index (κ3) is 3.66. The minimum absolute atomic E-state index is 0.0309. The lowest BCUT2D eigenvalue weighted by molar-refractivity contribution is 0.0953. The Kier molecular flexibility index (Phi) is 4.81. The summed E-state index contributed by atoms with van der Waals surface area (Å²) < 4.78 is 2.19. The minimum Gasteiger partial charge on any atom is -0.352 e. The van der Waals surface area contributed by atoms with E-state index in [2.05, 4.69) is 37.4 Å². The molecule has 6 heteroatoms. The molecule has 0 saturated carbocycles. The van der Waals surface area contributed by atoms with Gasteiger partial charge in [-0.25, -0.2) is 4.98 Å². The number of para-hydroxylation sites is 2. The maximum Gasteiger partial charge on any atom is 0.253 e. The molecule has 0 aliphatic heterocycles. The molecular weight excluding hydrogens is 356 g/mol. The van der Waals surface area contributed by atoms with Crippen LogP contribution in [0.2, 0.25) is 0 Å². The fraction of sp³-hybridized carbons (Fsp3) is 0.238. The van der Waals surface area contributed by atoms with Gasteiger partial charge in [-0.3, -0.25) is 4.79 Å². The first kappa shape index (κ1) is 17.5. The maximum absolute atomic E-state index is 12.6. The van der Waals surface area contributed by atoms with E-state index in [1.165, 1.54) is 4.88 Å². The number of rotatable bonds is 6. The lowest BCUT2D eigenvalue weighted by Gasteiger charge is -2.08. The number of H-pyrrole nitrogens is 1. The van der Waals surface area contributed by atoms with Crippen LogP contribution in [-0.2, 0) is 13.0 Å². The second kappa shape index (κ2) is 7.40. The van der Waals surface area contributed by atoms with Crippen LogP contribution in [0.1, 0.15) is 32.4 Å². The number of aromatic nitrogens is 3. The predicted octanol–water partition coefficient (Wildman–Crippen LogP) is 4.06. The number of imidazole rings is 1. The number of hydrogen-bond donors (Lipinski definition) is 2. The SMILES string of the molecule is Cc1cc(C(=O)NCCc2nc3ccccc3[nH]2)c(C)n1Cc1cccs1. The number of fused-ring (bicyclic) bond motifs is 1. The van der Waals surface area contributed by atoms with E-state index in [9.17, 15) is 4.79 Å². The lowest BCUT2D eigenvalue weighted by atomic mass is 10.2. The van der Waals surface area contributed by atoms with E-state index >= 15 is 0 Å². The Hall–Kier alpha value is -2.86. The topological polar surface area (TPSA) is 62.7 Å². The van der Waals surface area contributed by atoms with Crippen LogP contribution in [0.5, 0.6) is 0 Å². The molecule has 3 aromatic heterocycles. The van der Waals surface area contributed by atoms with Crippen molar-refractivity contribution in [3.8, 4) is 0 Å². The van der Waals surface area contributed by atoms with Gasteiger partial charge in [-0.1, -0.05) is 18.2 Å². The molecule has 0 bridgehead atoms. The Morgan fingerprint density at radius 2 is 2.07 bits per heavy atom. The molecule has 0 saturated heterocycles. The highest BCUT2D eigenvalue weighted by Gasteiger charge is 2.16. The molecule has 2 N–H and O–H groups in total. The van der Waals surface area contributed by atoms with Gasteiger partial charge in [0.15, 0.2) is 0 Å². The van der Waals surface area contributed by atoms with E-state index in [4.69, 9.17) is 0 Å². The van der Waals surface area contributed by atoms with Crippen molar-refractivity contribution in [3.63, 3.8) is 0 Å². The van der Waals surface area contributed by atoms with Crippen LogP contribution in [0.25, 0.3) is 11.0 Å². The molecule has 0 atom stereocenters. The number of hydrogen-bond acceptors (Lipinski definition) is 3. The van der Waals surface area contributed by atoms with Gasteiger partial charge in [0, 0.05) is 29.2 Å². The molecule has 4 aromatic rings. The van der Waals surface area contributed by atoms with Gasteiger partial charge in [-0.2, -0.15) is 0 Å². The molecule has 0 fully saturated rings. The maximum atomic E-state index is 12.6. The molecule has 0 spiro atoms. The molecule has 1 amide bonds. The average Bonchev–Trinajstić information content (AvgIpc) is 3.37. The zero-order valence-electron chi connectivity index (χ0n) is 15.5. The van der Waals surface area contributed by atoms with Crippen molar-refractivity contribution >= 4 is 28.3 Å². The second-order valence-electron chi connectivity index (χ2n) is 6.66. The summed E-state index contributed by atoms with van der Waals surface area (Å²) in [6.07, 6.45) is 0.675. The number of nitrogens with one attached hydrogen (secondary N) is 2. The number of nitrogens with zero attached hydrogens (tertiary/aromatic N) is 2. The van der Waals surface area contributed by atoms with E-state index < -0.39 is 0 Å². The molecule has 0 unspecified atom stereocenters. The molecule has 0 aliphatic rings. The van der Waals surface area contributed by atoms with Crippen molar-refractivity contribution in [2.45, 2.75) is 26.8 Å². The van der Waals surface area contributed by atoms with Crippen LogP contribution >= 0.6 is 11.3 Å². The van der Waals surface area contributed by atoms with Crippen molar-refractivity contribution in [3.05, 3.63) is 75.5 Å². The van der Waals surface area contributed by atoms with Crippen LogP contribution in [0, 0.1) is 13.8 Å². The van der Waals surface area contributed by atoms with Crippen LogP contribution in [0.4, 0.5) is 0 Å². The summed E-state index contributed by atoms with van der Waals surface area (Å²) in [4.78, 5) is 21.8. The van der Waals surface area contributed by atoms with Gasteiger partial charge >= 0.3 is 0 Å². The van der Waals surface area contributed by atoms with Gasteiger partial charge in [0.25, 0.3) is 5.91 Å². The second-order valence-corrected chi connectivity index (χ2v) is 7.69. The first-order valence-electron chi connectivity index (χ1n) is 9.03. The Morgan fingerprint density at radius 1 is 1.22 bits per heavy atom. The van der Waals surface area contributed by atoms with E-state index in [1.54, 1.807) is 11.3 Å². The number of carbonyl (C=O) groups is 1. The highest BCUT2D eigenvalue weighted by atomic mass is 32.1. The molecule has 1 aromatic carbocycles. The third-order valence-electron chi connectivity index (χ3n) is 4.80. The van der Waals surface area contributed by atoms with Crippen LogP contribution in [0.15, 0.2) is 47.8 Å². The van der Waals surface area contributed by atoms with Crippen molar-refractivity contribution in [2.24, 2.45) is 0 Å². The number of aryl methyl sites for hydroxylation is 1. The number of carbonyl (C=O) groups excluding carboxylic acids is 1. The van der Waals surface area contributed by atoms with E-state index in [-0.39, 0.29) is 5.91 Å². The zero-order chi connectivity index (χ0) is 18.8. The smallest absolute Gasteiger partial charge is 0.253 e. The summed E-state index contributed by atoms with van der Waals surface area (Å²) in [7, 11) is 0. The lowest BCUT2D eigenvalue weighted by Crippen LogP contribution is -2.26. The van der Waals surface area contributed by atoms with E-state index in [1.807, 2.05) is 44.2 Å². The highest BCUT2D eigenvalue weighted by molar-refractivity contribution is 7.09. The molecule has 0 aliphatic carbocycles. The summed E-state index contributed by atoms with van der Waals surface area (Å²) in [6.45, 7) is 5.41. The minimum atomic E-state index is -0.0309. The Morgan fingerprint density at radius 3 is 2.85 bits per heavy atom. The molecule has 138 valence electrons.